The largest absolute Gasteiger partial charge is 0.379 e. The monoisotopic (exact) mass is 312 g/mol. The third-order valence-electron chi connectivity index (χ3n) is 3.62. The predicted octanol–water partition coefficient (Wildman–Crippen LogP) is 2.48. The first-order valence-electron chi connectivity index (χ1n) is 6.43. The molecule has 1 saturated heterocycles. The summed E-state index contributed by atoms with van der Waals surface area (Å²) in [6.45, 7) is 7.49. The van der Waals surface area contributed by atoms with E-state index < -0.39 is 0 Å². The number of benzene rings is 1. The molecule has 2 unspecified atom stereocenters. The average molecular weight is 313 g/mol. The number of ether oxygens (including phenoxy) is 1. The van der Waals surface area contributed by atoms with Crippen molar-refractivity contribution in [2.75, 3.05) is 26.3 Å². The number of hydrogen-bond acceptors (Lipinski definition) is 3. The molecule has 1 aliphatic rings. The van der Waals surface area contributed by atoms with E-state index in [-0.39, 0.29) is 6.04 Å². The first-order chi connectivity index (χ1) is 8.63. The van der Waals surface area contributed by atoms with Crippen molar-refractivity contribution < 1.29 is 4.74 Å². The Bertz CT molecular complexity index is 411. The lowest BCUT2D eigenvalue weighted by Gasteiger charge is -2.39. The summed E-state index contributed by atoms with van der Waals surface area (Å²) in [5, 5.41) is 0. The van der Waals surface area contributed by atoms with Gasteiger partial charge in [0.2, 0.25) is 0 Å². The van der Waals surface area contributed by atoms with E-state index in [0.717, 1.165) is 24.2 Å². The highest BCUT2D eigenvalue weighted by Gasteiger charge is 2.26. The summed E-state index contributed by atoms with van der Waals surface area (Å²) in [6.07, 6.45) is 0. The molecule has 100 valence electrons. The highest BCUT2D eigenvalue weighted by Crippen LogP contribution is 2.27. The van der Waals surface area contributed by atoms with Crippen molar-refractivity contribution in [3.63, 3.8) is 0 Å². The molecule has 2 atom stereocenters. The number of halogens is 1. The van der Waals surface area contributed by atoms with Crippen LogP contribution in [0, 0.1) is 6.92 Å². The van der Waals surface area contributed by atoms with Gasteiger partial charge in [0.1, 0.15) is 0 Å². The topological polar surface area (TPSA) is 38.5 Å². The average Bonchev–Trinajstić information content (AvgIpc) is 2.37. The lowest BCUT2D eigenvalue weighted by Crippen LogP contribution is -2.47. The zero-order valence-corrected chi connectivity index (χ0v) is 12.6. The number of hydrogen-bond donors (Lipinski definition) is 1. The zero-order valence-electron chi connectivity index (χ0n) is 11.0. The van der Waals surface area contributed by atoms with Crippen LogP contribution >= 0.6 is 15.9 Å². The fraction of sp³-hybridized carbons (Fsp3) is 0.571. The minimum atomic E-state index is 0.279. The van der Waals surface area contributed by atoms with Gasteiger partial charge in [-0.05, 0) is 31.0 Å². The van der Waals surface area contributed by atoms with E-state index in [9.17, 15) is 0 Å². The maximum Gasteiger partial charge on any atom is 0.0620 e. The molecule has 1 aromatic rings. The summed E-state index contributed by atoms with van der Waals surface area (Å²) in [5.74, 6) is 0. The molecule has 4 heteroatoms. The number of aryl methyl sites for hydroxylation is 1. The highest BCUT2D eigenvalue weighted by molar-refractivity contribution is 9.10. The summed E-state index contributed by atoms with van der Waals surface area (Å²) in [7, 11) is 0. The van der Waals surface area contributed by atoms with Crippen LogP contribution in [-0.2, 0) is 4.74 Å². The van der Waals surface area contributed by atoms with Gasteiger partial charge in [-0.15, -0.1) is 0 Å². The van der Waals surface area contributed by atoms with Gasteiger partial charge in [0.05, 0.1) is 13.2 Å². The summed E-state index contributed by atoms with van der Waals surface area (Å²) < 4.78 is 6.65. The molecule has 18 heavy (non-hydrogen) atoms. The van der Waals surface area contributed by atoms with Crippen molar-refractivity contribution in [3.05, 3.63) is 33.8 Å². The standard InChI is InChI=1S/C14H21BrN2O/c1-10-3-4-12(7-13(10)15)14(8-16)17-5-6-18-9-11(17)2/h3-4,7,11,14H,5-6,8-9,16H2,1-2H3. The Labute approximate surface area is 117 Å². The second-order valence-electron chi connectivity index (χ2n) is 4.92. The van der Waals surface area contributed by atoms with Gasteiger partial charge in [-0.3, -0.25) is 4.90 Å². The molecule has 2 rings (SSSR count). The van der Waals surface area contributed by atoms with Gasteiger partial charge in [0, 0.05) is 29.6 Å². The SMILES string of the molecule is Cc1ccc(C(CN)N2CCOCC2C)cc1Br. The molecule has 1 aromatic carbocycles. The van der Waals surface area contributed by atoms with Crippen molar-refractivity contribution in [1.29, 1.82) is 0 Å². The van der Waals surface area contributed by atoms with Crippen LogP contribution < -0.4 is 5.73 Å². The van der Waals surface area contributed by atoms with E-state index in [4.69, 9.17) is 10.5 Å². The maximum absolute atomic E-state index is 5.99. The van der Waals surface area contributed by atoms with E-state index in [2.05, 4.69) is 52.9 Å². The van der Waals surface area contributed by atoms with E-state index >= 15 is 0 Å². The minimum Gasteiger partial charge on any atom is -0.379 e. The quantitative estimate of drug-likeness (QED) is 0.932. The normalized spacial score (nSPS) is 23.0. The number of nitrogens with two attached hydrogens (primary N) is 1. The predicted molar refractivity (Wildman–Crippen MR) is 77.7 cm³/mol. The van der Waals surface area contributed by atoms with Gasteiger partial charge in [-0.2, -0.15) is 0 Å². The molecule has 2 N–H and O–H groups in total. The van der Waals surface area contributed by atoms with Gasteiger partial charge >= 0.3 is 0 Å². The van der Waals surface area contributed by atoms with E-state index in [0.29, 0.717) is 12.6 Å². The first kappa shape index (κ1) is 14.0. The molecule has 0 aliphatic carbocycles. The third-order valence-corrected chi connectivity index (χ3v) is 4.48. The van der Waals surface area contributed by atoms with Crippen molar-refractivity contribution in [2.24, 2.45) is 5.73 Å². The van der Waals surface area contributed by atoms with Crippen LogP contribution in [0.1, 0.15) is 24.1 Å². The van der Waals surface area contributed by atoms with Gasteiger partial charge in [-0.25, -0.2) is 0 Å². The third kappa shape index (κ3) is 2.94. The molecule has 0 bridgehead atoms. The van der Waals surface area contributed by atoms with Crippen LogP contribution in [0.5, 0.6) is 0 Å². The molecule has 0 aromatic heterocycles. The maximum atomic E-state index is 5.99. The highest BCUT2D eigenvalue weighted by atomic mass is 79.9. The Morgan fingerprint density at radius 2 is 2.33 bits per heavy atom. The lowest BCUT2D eigenvalue weighted by atomic mass is 10.0. The van der Waals surface area contributed by atoms with Crippen LogP contribution in [0.15, 0.2) is 22.7 Å². The fourth-order valence-corrected chi connectivity index (χ4v) is 2.88. The lowest BCUT2D eigenvalue weighted by molar-refractivity contribution is -0.0209. The van der Waals surface area contributed by atoms with Gasteiger partial charge in [0.25, 0.3) is 0 Å². The van der Waals surface area contributed by atoms with Crippen LogP contribution in [-0.4, -0.2) is 37.2 Å². The van der Waals surface area contributed by atoms with Gasteiger partial charge < -0.3 is 10.5 Å². The van der Waals surface area contributed by atoms with E-state index in [1.54, 1.807) is 0 Å². The van der Waals surface area contributed by atoms with Crippen LogP contribution in [0.3, 0.4) is 0 Å². The van der Waals surface area contributed by atoms with Crippen LogP contribution in [0.2, 0.25) is 0 Å². The number of nitrogens with zero attached hydrogens (tertiary/aromatic N) is 1. The van der Waals surface area contributed by atoms with E-state index in [1.165, 1.54) is 11.1 Å². The second-order valence-corrected chi connectivity index (χ2v) is 5.78. The van der Waals surface area contributed by atoms with Crippen LogP contribution in [0.4, 0.5) is 0 Å². The van der Waals surface area contributed by atoms with Crippen molar-refractivity contribution >= 4 is 15.9 Å². The fourth-order valence-electron chi connectivity index (χ4n) is 2.48. The Morgan fingerprint density at radius 3 is 2.94 bits per heavy atom. The summed E-state index contributed by atoms with van der Waals surface area (Å²) in [6, 6.07) is 7.22. The summed E-state index contributed by atoms with van der Waals surface area (Å²) >= 11 is 3.60. The molecular formula is C14H21BrN2O. The molecule has 0 saturated carbocycles. The molecule has 0 radical (unpaired) electrons. The van der Waals surface area contributed by atoms with Crippen molar-refractivity contribution in [1.82, 2.24) is 4.90 Å². The number of morpholine rings is 1. The van der Waals surface area contributed by atoms with Gasteiger partial charge in [-0.1, -0.05) is 28.1 Å². The first-order valence-corrected chi connectivity index (χ1v) is 7.22. The summed E-state index contributed by atoms with van der Waals surface area (Å²) in [4.78, 5) is 2.45. The molecule has 1 heterocycles. The zero-order chi connectivity index (χ0) is 13.1. The Balaban J connectivity index is 2.23. The molecule has 0 spiro atoms. The van der Waals surface area contributed by atoms with Crippen LogP contribution in [0.25, 0.3) is 0 Å². The molecule has 3 nitrogen and oxygen atoms in total. The Morgan fingerprint density at radius 1 is 1.56 bits per heavy atom. The van der Waals surface area contributed by atoms with E-state index in [1.807, 2.05) is 0 Å². The number of rotatable bonds is 3. The van der Waals surface area contributed by atoms with Crippen molar-refractivity contribution in [2.45, 2.75) is 25.9 Å². The smallest absolute Gasteiger partial charge is 0.0620 e. The summed E-state index contributed by atoms with van der Waals surface area (Å²) in [5.41, 5.74) is 8.52. The Kier molecular flexibility index (Phi) is 4.78. The molecular weight excluding hydrogens is 292 g/mol. The van der Waals surface area contributed by atoms with Gasteiger partial charge in [0.15, 0.2) is 0 Å². The minimum absolute atomic E-state index is 0.279. The Hall–Kier alpha value is -0.420. The second kappa shape index (κ2) is 6.15. The molecule has 0 amide bonds. The molecule has 1 fully saturated rings. The van der Waals surface area contributed by atoms with Crippen molar-refractivity contribution in [3.8, 4) is 0 Å². The molecule has 1 aliphatic heterocycles.